The lowest BCUT2D eigenvalue weighted by Gasteiger charge is -2.20. The highest BCUT2D eigenvalue weighted by atomic mass is 19.3. The predicted molar refractivity (Wildman–Crippen MR) is 74.2 cm³/mol. The van der Waals surface area contributed by atoms with E-state index in [9.17, 15) is 13.2 Å². The van der Waals surface area contributed by atoms with Gasteiger partial charge in [0.1, 0.15) is 0 Å². The third kappa shape index (κ3) is 3.43. The fraction of sp³-hybridized carbons (Fsp3) is 0.600. The molecule has 1 N–H and O–H groups in total. The first-order chi connectivity index (χ1) is 10.0. The zero-order chi connectivity index (χ0) is 15.0. The molecule has 2 aliphatic rings. The van der Waals surface area contributed by atoms with Gasteiger partial charge in [0.15, 0.2) is 11.6 Å². The van der Waals surface area contributed by atoms with E-state index in [1.54, 1.807) is 6.07 Å². The molecule has 2 unspecified atom stereocenters. The van der Waals surface area contributed by atoms with Crippen LogP contribution in [0.2, 0.25) is 0 Å². The van der Waals surface area contributed by atoms with Gasteiger partial charge in [0, 0.05) is 36.4 Å². The van der Waals surface area contributed by atoms with Gasteiger partial charge in [0.2, 0.25) is 0 Å². The zero-order valence-electron chi connectivity index (χ0n) is 11.9. The normalized spacial score (nSPS) is 26.3. The molecule has 0 bridgehead atoms. The summed E-state index contributed by atoms with van der Waals surface area (Å²) in [6.45, 7) is 0.143. The Morgan fingerprint density at radius 1 is 1.33 bits per heavy atom. The minimum Gasteiger partial charge on any atom is -0.432 e. The van der Waals surface area contributed by atoms with Crippen LogP contribution in [0.25, 0.3) is 0 Å². The van der Waals surface area contributed by atoms with Gasteiger partial charge in [-0.1, -0.05) is 0 Å². The van der Waals surface area contributed by atoms with Crippen molar-refractivity contribution in [2.75, 3.05) is 11.9 Å². The van der Waals surface area contributed by atoms with Crippen LogP contribution in [0.1, 0.15) is 26.2 Å². The fourth-order valence-electron chi connectivity index (χ4n) is 3.09. The Labute approximate surface area is 122 Å². The van der Waals surface area contributed by atoms with E-state index in [1.807, 2.05) is 0 Å². The highest BCUT2D eigenvalue weighted by molar-refractivity contribution is 5.48. The van der Waals surface area contributed by atoms with Crippen LogP contribution < -0.4 is 10.1 Å². The van der Waals surface area contributed by atoms with Crippen molar-refractivity contribution in [3.8, 4) is 5.75 Å². The first-order valence-corrected chi connectivity index (χ1v) is 7.29. The van der Waals surface area contributed by atoms with Gasteiger partial charge in [-0.15, -0.1) is 0 Å². The highest BCUT2D eigenvalue weighted by Crippen LogP contribution is 2.34. The van der Waals surface area contributed by atoms with Gasteiger partial charge < -0.3 is 10.1 Å². The van der Waals surface area contributed by atoms with Gasteiger partial charge >= 0.3 is 6.61 Å². The van der Waals surface area contributed by atoms with Crippen molar-refractivity contribution in [1.29, 1.82) is 0 Å². The molecule has 0 amide bonds. The first-order valence-electron chi connectivity index (χ1n) is 7.29. The summed E-state index contributed by atoms with van der Waals surface area (Å²) in [5.41, 5.74) is 0.601. The number of benzene rings is 1. The first kappa shape index (κ1) is 14.5. The Morgan fingerprint density at radius 3 is 2.71 bits per heavy atom. The van der Waals surface area contributed by atoms with Crippen LogP contribution >= 0.6 is 0 Å². The lowest BCUT2D eigenvalue weighted by atomic mass is 10.2. The maximum Gasteiger partial charge on any atom is 0.387 e. The van der Waals surface area contributed by atoms with Crippen molar-refractivity contribution in [3.05, 3.63) is 24.0 Å². The van der Waals surface area contributed by atoms with Crippen molar-refractivity contribution in [2.45, 2.75) is 50.9 Å². The molecular weight excluding hydrogens is 281 g/mol. The summed E-state index contributed by atoms with van der Waals surface area (Å²) in [4.78, 5) is 2.49. The van der Waals surface area contributed by atoms with Crippen LogP contribution in [-0.4, -0.2) is 36.2 Å². The summed E-state index contributed by atoms with van der Waals surface area (Å²) < 4.78 is 41.9. The zero-order valence-corrected chi connectivity index (χ0v) is 11.9. The molecule has 0 spiro atoms. The smallest absolute Gasteiger partial charge is 0.387 e. The number of nitrogens with zero attached hydrogens (tertiary/aromatic N) is 1. The number of ether oxygens (including phenoxy) is 1. The van der Waals surface area contributed by atoms with Crippen molar-refractivity contribution < 1.29 is 17.9 Å². The van der Waals surface area contributed by atoms with Crippen LogP contribution in [0.4, 0.5) is 18.9 Å². The molecule has 6 heteroatoms. The van der Waals surface area contributed by atoms with E-state index < -0.39 is 18.2 Å². The summed E-state index contributed by atoms with van der Waals surface area (Å²) in [5.74, 6) is -1.19. The number of alkyl halides is 2. The Balaban J connectivity index is 1.61. The number of hydrogen-bond donors (Lipinski definition) is 1. The molecule has 0 radical (unpaired) electrons. The maximum absolute atomic E-state index is 13.7. The molecule has 1 heterocycles. The van der Waals surface area contributed by atoms with Crippen LogP contribution in [0.5, 0.6) is 5.75 Å². The van der Waals surface area contributed by atoms with Crippen molar-refractivity contribution >= 4 is 5.69 Å². The fourth-order valence-corrected chi connectivity index (χ4v) is 3.09. The molecular formula is C15H19F3N2O. The Hall–Kier alpha value is -1.43. The second kappa shape index (κ2) is 5.75. The van der Waals surface area contributed by atoms with Crippen LogP contribution in [0.15, 0.2) is 18.2 Å². The van der Waals surface area contributed by atoms with Gasteiger partial charge in [-0.2, -0.15) is 8.78 Å². The molecule has 1 saturated carbocycles. The summed E-state index contributed by atoms with van der Waals surface area (Å²) >= 11 is 0. The van der Waals surface area contributed by atoms with Gasteiger partial charge in [-0.05, 0) is 38.3 Å². The van der Waals surface area contributed by atoms with Gasteiger partial charge in [-0.25, -0.2) is 4.39 Å². The molecule has 3 nitrogen and oxygen atoms in total. The minimum atomic E-state index is -3.01. The third-order valence-corrected chi connectivity index (χ3v) is 4.16. The van der Waals surface area contributed by atoms with E-state index in [0.717, 1.165) is 13.0 Å². The lowest BCUT2D eigenvalue weighted by molar-refractivity contribution is -0.0521. The number of anilines is 1. The topological polar surface area (TPSA) is 24.5 Å². The van der Waals surface area contributed by atoms with E-state index >= 15 is 0 Å². The third-order valence-electron chi connectivity index (χ3n) is 4.16. The standard InChI is InChI=1S/C15H19F3N2O/c1-9-6-11(8-20(9)12-3-4-12)19-10-2-5-14(13(16)7-10)21-15(17)18/h2,5,7,9,11-12,15,19H,3-4,6,8H2,1H3. The monoisotopic (exact) mass is 300 g/mol. The van der Waals surface area contributed by atoms with Gasteiger partial charge in [-0.3, -0.25) is 4.90 Å². The molecule has 1 aliphatic carbocycles. The van der Waals surface area contributed by atoms with Gasteiger partial charge in [0.05, 0.1) is 0 Å². The molecule has 2 atom stereocenters. The largest absolute Gasteiger partial charge is 0.432 e. The van der Waals surface area contributed by atoms with E-state index in [-0.39, 0.29) is 6.04 Å². The molecule has 21 heavy (non-hydrogen) atoms. The number of hydrogen-bond acceptors (Lipinski definition) is 3. The molecule has 1 aromatic carbocycles. The molecule has 0 aromatic heterocycles. The molecule has 116 valence electrons. The minimum absolute atomic E-state index is 0.266. The van der Waals surface area contributed by atoms with Crippen molar-refractivity contribution in [1.82, 2.24) is 4.90 Å². The second-order valence-corrected chi connectivity index (χ2v) is 5.88. The van der Waals surface area contributed by atoms with E-state index in [2.05, 4.69) is 21.9 Å². The van der Waals surface area contributed by atoms with E-state index in [4.69, 9.17) is 0 Å². The number of likely N-dealkylation sites (tertiary alicyclic amines) is 1. The highest BCUT2D eigenvalue weighted by Gasteiger charge is 2.38. The van der Waals surface area contributed by atoms with Crippen LogP contribution in [0, 0.1) is 5.82 Å². The lowest BCUT2D eigenvalue weighted by Crippen LogP contribution is -2.31. The Kier molecular flexibility index (Phi) is 3.97. The summed E-state index contributed by atoms with van der Waals surface area (Å²) in [6, 6.07) is 5.53. The van der Waals surface area contributed by atoms with Crippen molar-refractivity contribution in [3.63, 3.8) is 0 Å². The molecule has 1 aliphatic heterocycles. The Bertz CT molecular complexity index is 508. The average molecular weight is 300 g/mol. The second-order valence-electron chi connectivity index (χ2n) is 5.88. The number of nitrogens with one attached hydrogen (secondary N) is 1. The Morgan fingerprint density at radius 2 is 2.10 bits per heavy atom. The SMILES string of the molecule is CC1CC(Nc2ccc(OC(F)F)c(F)c2)CN1C1CC1. The van der Waals surface area contributed by atoms with E-state index in [1.165, 1.54) is 25.0 Å². The summed E-state index contributed by atoms with van der Waals surface area (Å²) in [6.07, 6.45) is 3.55. The summed E-state index contributed by atoms with van der Waals surface area (Å²) in [7, 11) is 0. The van der Waals surface area contributed by atoms with E-state index in [0.29, 0.717) is 17.8 Å². The number of halogens is 3. The molecule has 1 aromatic rings. The summed E-state index contributed by atoms with van der Waals surface area (Å²) in [5, 5.41) is 3.28. The average Bonchev–Trinajstić information content (AvgIpc) is 3.17. The molecule has 1 saturated heterocycles. The van der Waals surface area contributed by atoms with Crippen LogP contribution in [-0.2, 0) is 0 Å². The molecule has 2 fully saturated rings. The molecule has 3 rings (SSSR count). The van der Waals surface area contributed by atoms with Gasteiger partial charge in [0.25, 0.3) is 0 Å². The quantitative estimate of drug-likeness (QED) is 0.901. The van der Waals surface area contributed by atoms with Crippen molar-refractivity contribution in [2.24, 2.45) is 0 Å². The maximum atomic E-state index is 13.7. The van der Waals surface area contributed by atoms with Crippen LogP contribution in [0.3, 0.4) is 0 Å². The number of rotatable bonds is 5. The predicted octanol–water partition coefficient (Wildman–Crippen LogP) is 3.46.